The van der Waals surface area contributed by atoms with Gasteiger partial charge in [0.15, 0.2) is 0 Å². The van der Waals surface area contributed by atoms with Crippen molar-refractivity contribution in [2.45, 2.75) is 36.6 Å². The normalized spacial score (nSPS) is 16.7. The average Bonchev–Trinajstić information content (AvgIpc) is 2.91. The van der Waals surface area contributed by atoms with E-state index in [1.807, 2.05) is 0 Å². The third kappa shape index (κ3) is 4.42. The fourth-order valence-electron chi connectivity index (χ4n) is 2.73. The fraction of sp³-hybridized carbons (Fsp3) is 0.571. The molecule has 0 saturated heterocycles. The smallest absolute Gasteiger partial charge is 0.242 e. The molecule has 0 heterocycles. The predicted octanol–water partition coefficient (Wildman–Crippen LogP) is 2.18. The van der Waals surface area contributed by atoms with Gasteiger partial charge in [0.05, 0.1) is 5.69 Å². The third-order valence-corrected chi connectivity index (χ3v) is 5.99. The lowest BCUT2D eigenvalue weighted by Crippen LogP contribution is -2.37. The molecule has 0 amide bonds. The van der Waals surface area contributed by atoms with Crippen molar-refractivity contribution in [3.63, 3.8) is 0 Å². The van der Waals surface area contributed by atoms with Crippen LogP contribution in [0.5, 0.6) is 0 Å². The zero-order chi connectivity index (χ0) is 15.5. The number of benzene rings is 1. The molecule has 7 heteroatoms. The number of anilines is 1. The van der Waals surface area contributed by atoms with Gasteiger partial charge in [0, 0.05) is 23.6 Å². The van der Waals surface area contributed by atoms with Gasteiger partial charge in [-0.2, -0.15) is 0 Å². The molecule has 1 aliphatic carbocycles. The summed E-state index contributed by atoms with van der Waals surface area (Å²) in [7, 11) is -1.50. The van der Waals surface area contributed by atoms with Crippen LogP contribution in [0.25, 0.3) is 0 Å². The van der Waals surface area contributed by atoms with Gasteiger partial charge in [-0.05, 0) is 38.1 Å². The van der Waals surface area contributed by atoms with Crippen molar-refractivity contribution in [3.05, 3.63) is 22.7 Å². The van der Waals surface area contributed by atoms with Gasteiger partial charge in [-0.25, -0.2) is 13.1 Å². The molecule has 1 aliphatic rings. The fourth-order valence-corrected chi connectivity index (χ4v) is 4.24. The van der Waals surface area contributed by atoms with Crippen LogP contribution in [-0.4, -0.2) is 39.5 Å². The number of nitrogens with zero attached hydrogens (tertiary/aromatic N) is 1. The summed E-state index contributed by atoms with van der Waals surface area (Å²) in [5.74, 6) is 0. The molecule has 0 unspecified atom stereocenters. The van der Waals surface area contributed by atoms with E-state index in [0.717, 1.165) is 4.47 Å². The van der Waals surface area contributed by atoms with E-state index >= 15 is 0 Å². The zero-order valence-corrected chi connectivity index (χ0v) is 14.6. The van der Waals surface area contributed by atoms with E-state index in [2.05, 4.69) is 32.6 Å². The molecular formula is C14H22BrN3O2S. The molecule has 118 valence electrons. The number of nitrogens with one attached hydrogen (secondary N) is 1. The van der Waals surface area contributed by atoms with Gasteiger partial charge in [-0.3, -0.25) is 0 Å². The number of halogens is 1. The van der Waals surface area contributed by atoms with Crippen LogP contribution in [0.15, 0.2) is 27.6 Å². The largest absolute Gasteiger partial charge is 0.398 e. The highest BCUT2D eigenvalue weighted by Crippen LogP contribution is 2.23. The van der Waals surface area contributed by atoms with Gasteiger partial charge in [-0.1, -0.05) is 28.8 Å². The second-order valence-corrected chi connectivity index (χ2v) is 8.15. The first-order valence-electron chi connectivity index (χ1n) is 7.15. The van der Waals surface area contributed by atoms with Gasteiger partial charge in [0.1, 0.15) is 4.90 Å². The summed E-state index contributed by atoms with van der Waals surface area (Å²) < 4.78 is 27.9. The summed E-state index contributed by atoms with van der Waals surface area (Å²) in [6.45, 7) is 1.10. The quantitative estimate of drug-likeness (QED) is 0.747. The summed E-state index contributed by atoms with van der Waals surface area (Å²) in [4.78, 5) is 2.37. The van der Waals surface area contributed by atoms with Crippen LogP contribution >= 0.6 is 15.9 Å². The van der Waals surface area contributed by atoms with E-state index in [-0.39, 0.29) is 10.6 Å². The van der Waals surface area contributed by atoms with Crippen LogP contribution in [0.2, 0.25) is 0 Å². The molecule has 0 atom stereocenters. The Morgan fingerprint density at radius 1 is 1.38 bits per heavy atom. The second-order valence-electron chi connectivity index (χ2n) is 5.50. The van der Waals surface area contributed by atoms with Gasteiger partial charge in [0.25, 0.3) is 0 Å². The summed E-state index contributed by atoms with van der Waals surface area (Å²) >= 11 is 3.27. The lowest BCUT2D eigenvalue weighted by atomic mass is 10.2. The molecule has 3 N–H and O–H groups in total. The molecule has 1 saturated carbocycles. The molecule has 1 aromatic rings. The number of hydrogen-bond donors (Lipinski definition) is 2. The minimum atomic E-state index is -3.55. The van der Waals surface area contributed by atoms with Gasteiger partial charge >= 0.3 is 0 Å². The van der Waals surface area contributed by atoms with Crippen molar-refractivity contribution in [1.29, 1.82) is 0 Å². The highest BCUT2D eigenvalue weighted by Gasteiger charge is 2.21. The highest BCUT2D eigenvalue weighted by atomic mass is 79.9. The first-order chi connectivity index (χ1) is 9.90. The SMILES string of the molecule is CN(CCNS(=O)(=O)c1ccc(Br)cc1N)C1CCCC1. The molecule has 2 rings (SSSR count). The molecule has 0 bridgehead atoms. The van der Waals surface area contributed by atoms with Crippen LogP contribution in [0.1, 0.15) is 25.7 Å². The number of rotatable bonds is 6. The maximum atomic E-state index is 12.2. The molecule has 21 heavy (non-hydrogen) atoms. The Morgan fingerprint density at radius 2 is 2.05 bits per heavy atom. The topological polar surface area (TPSA) is 75.4 Å². The molecular weight excluding hydrogens is 354 g/mol. The summed E-state index contributed by atoms with van der Waals surface area (Å²) in [5.41, 5.74) is 6.03. The van der Waals surface area contributed by atoms with Crippen LogP contribution < -0.4 is 10.5 Å². The molecule has 0 spiro atoms. The van der Waals surface area contributed by atoms with Crippen molar-refractivity contribution in [1.82, 2.24) is 9.62 Å². The molecule has 0 radical (unpaired) electrons. The van der Waals surface area contributed by atoms with Gasteiger partial charge in [-0.15, -0.1) is 0 Å². The van der Waals surface area contributed by atoms with Crippen LogP contribution in [0.4, 0.5) is 5.69 Å². The molecule has 0 aromatic heterocycles. The molecule has 0 aliphatic heterocycles. The third-order valence-electron chi connectivity index (χ3n) is 3.97. The first kappa shape index (κ1) is 16.7. The van der Waals surface area contributed by atoms with Gasteiger partial charge in [0.2, 0.25) is 10.0 Å². The summed E-state index contributed by atoms with van der Waals surface area (Å²) in [6, 6.07) is 5.38. The van der Waals surface area contributed by atoms with Crippen molar-refractivity contribution in [2.75, 3.05) is 25.9 Å². The molecule has 5 nitrogen and oxygen atoms in total. The Bertz CT molecular complexity index is 586. The molecule has 1 aromatic carbocycles. The Morgan fingerprint density at radius 3 is 2.67 bits per heavy atom. The van der Waals surface area contributed by atoms with E-state index in [1.165, 1.54) is 31.7 Å². The Kier molecular flexibility index (Phi) is 5.65. The molecule has 1 fully saturated rings. The number of nitrogens with two attached hydrogens (primary N) is 1. The zero-order valence-electron chi connectivity index (χ0n) is 12.2. The predicted molar refractivity (Wildman–Crippen MR) is 88.6 cm³/mol. The Labute approximate surface area is 135 Å². The van der Waals surface area contributed by atoms with E-state index in [0.29, 0.717) is 19.1 Å². The summed E-state index contributed by atoms with van der Waals surface area (Å²) in [6.07, 6.45) is 4.97. The van der Waals surface area contributed by atoms with E-state index in [4.69, 9.17) is 5.73 Å². The maximum absolute atomic E-state index is 12.2. The van der Waals surface area contributed by atoms with E-state index < -0.39 is 10.0 Å². The van der Waals surface area contributed by atoms with Crippen molar-refractivity contribution < 1.29 is 8.42 Å². The number of likely N-dealkylation sites (N-methyl/N-ethyl adjacent to an activating group) is 1. The minimum absolute atomic E-state index is 0.134. The average molecular weight is 376 g/mol. The van der Waals surface area contributed by atoms with Crippen LogP contribution in [-0.2, 0) is 10.0 Å². The standard InChI is InChI=1S/C14H22BrN3O2S/c1-18(12-4-2-3-5-12)9-8-17-21(19,20)14-7-6-11(15)10-13(14)16/h6-7,10,12,17H,2-5,8-9,16H2,1H3. The Balaban J connectivity index is 1.92. The lowest BCUT2D eigenvalue weighted by Gasteiger charge is -2.23. The second kappa shape index (κ2) is 7.09. The van der Waals surface area contributed by atoms with Crippen molar-refractivity contribution in [2.24, 2.45) is 0 Å². The van der Waals surface area contributed by atoms with Crippen LogP contribution in [0.3, 0.4) is 0 Å². The van der Waals surface area contributed by atoms with Crippen molar-refractivity contribution in [3.8, 4) is 0 Å². The van der Waals surface area contributed by atoms with Gasteiger partial charge < -0.3 is 10.6 Å². The number of sulfonamides is 1. The maximum Gasteiger partial charge on any atom is 0.242 e. The lowest BCUT2D eigenvalue weighted by molar-refractivity contribution is 0.250. The van der Waals surface area contributed by atoms with Crippen molar-refractivity contribution >= 4 is 31.6 Å². The highest BCUT2D eigenvalue weighted by molar-refractivity contribution is 9.10. The van der Waals surface area contributed by atoms with Crippen LogP contribution in [0, 0.1) is 0 Å². The minimum Gasteiger partial charge on any atom is -0.398 e. The number of hydrogen-bond acceptors (Lipinski definition) is 4. The van der Waals surface area contributed by atoms with E-state index in [9.17, 15) is 8.42 Å². The summed E-state index contributed by atoms with van der Waals surface area (Å²) in [5, 5.41) is 0. The number of nitrogen functional groups attached to an aromatic ring is 1. The Hall–Kier alpha value is -0.630. The first-order valence-corrected chi connectivity index (χ1v) is 9.43. The monoisotopic (exact) mass is 375 g/mol. The van der Waals surface area contributed by atoms with E-state index in [1.54, 1.807) is 12.1 Å².